The van der Waals surface area contributed by atoms with Crippen LogP contribution < -0.4 is 11.1 Å². The third-order valence-electron chi connectivity index (χ3n) is 2.41. The molecule has 2 rings (SSSR count). The van der Waals surface area contributed by atoms with E-state index in [-0.39, 0.29) is 6.17 Å². The van der Waals surface area contributed by atoms with Crippen molar-refractivity contribution < 1.29 is 0 Å². The lowest BCUT2D eigenvalue weighted by Crippen LogP contribution is -2.28. The molecule has 2 aromatic rings. The quantitative estimate of drug-likeness (QED) is 0.762. The van der Waals surface area contributed by atoms with Crippen LogP contribution in [0.4, 0.5) is 0 Å². The highest BCUT2D eigenvalue weighted by Crippen LogP contribution is 2.06. The molecule has 0 saturated heterocycles. The molecule has 3 heteroatoms. The van der Waals surface area contributed by atoms with Gasteiger partial charge in [0.25, 0.3) is 0 Å². The first-order chi connectivity index (χ1) is 7.86. The van der Waals surface area contributed by atoms with Gasteiger partial charge in [0, 0.05) is 24.5 Å². The van der Waals surface area contributed by atoms with E-state index in [0.29, 0.717) is 0 Å². The van der Waals surface area contributed by atoms with E-state index in [4.69, 9.17) is 5.73 Å². The number of nitrogens with two attached hydrogens (primary N) is 1. The summed E-state index contributed by atoms with van der Waals surface area (Å²) >= 11 is 0. The number of rotatable bonds is 4. The topological polar surface area (TPSA) is 50.9 Å². The number of benzene rings is 1. The van der Waals surface area contributed by atoms with Crippen LogP contribution in [0, 0.1) is 0 Å². The van der Waals surface area contributed by atoms with E-state index in [9.17, 15) is 0 Å². The highest BCUT2D eigenvalue weighted by molar-refractivity contribution is 5.16. The van der Waals surface area contributed by atoms with Gasteiger partial charge in [0.15, 0.2) is 0 Å². The molecule has 1 unspecified atom stereocenters. The van der Waals surface area contributed by atoms with Crippen LogP contribution in [0.1, 0.15) is 17.3 Å². The van der Waals surface area contributed by atoms with Crippen LogP contribution in [0.25, 0.3) is 0 Å². The maximum Gasteiger partial charge on any atom is 0.0827 e. The van der Waals surface area contributed by atoms with Gasteiger partial charge in [-0.15, -0.1) is 0 Å². The third-order valence-corrected chi connectivity index (χ3v) is 2.41. The molecule has 0 bridgehead atoms. The van der Waals surface area contributed by atoms with Gasteiger partial charge < -0.3 is 5.73 Å². The second-order valence-electron chi connectivity index (χ2n) is 3.63. The highest BCUT2D eigenvalue weighted by Gasteiger charge is 2.03. The average molecular weight is 213 g/mol. The summed E-state index contributed by atoms with van der Waals surface area (Å²) < 4.78 is 0. The Morgan fingerprint density at radius 3 is 2.62 bits per heavy atom. The molecule has 3 N–H and O–H groups in total. The minimum absolute atomic E-state index is 0.172. The first-order valence-corrected chi connectivity index (χ1v) is 5.29. The standard InChI is InChI=1S/C13H15N3/c14-13(12-7-4-8-15-10-12)16-9-11-5-2-1-3-6-11/h1-8,10,13,16H,9,14H2. The molecule has 1 aromatic heterocycles. The molecule has 0 aliphatic heterocycles. The molecule has 0 spiro atoms. The summed E-state index contributed by atoms with van der Waals surface area (Å²) in [7, 11) is 0. The van der Waals surface area contributed by atoms with E-state index >= 15 is 0 Å². The second kappa shape index (κ2) is 5.39. The zero-order chi connectivity index (χ0) is 11.2. The summed E-state index contributed by atoms with van der Waals surface area (Å²) in [5.41, 5.74) is 8.21. The molecule has 82 valence electrons. The summed E-state index contributed by atoms with van der Waals surface area (Å²) in [5.74, 6) is 0. The Balaban J connectivity index is 1.92. The van der Waals surface area contributed by atoms with Gasteiger partial charge >= 0.3 is 0 Å². The lowest BCUT2D eigenvalue weighted by molar-refractivity contribution is 0.550. The molecule has 0 aliphatic carbocycles. The van der Waals surface area contributed by atoms with Crippen molar-refractivity contribution >= 4 is 0 Å². The molecule has 1 atom stereocenters. The highest BCUT2D eigenvalue weighted by atomic mass is 15.0. The van der Waals surface area contributed by atoms with Gasteiger partial charge in [-0.1, -0.05) is 36.4 Å². The normalized spacial score (nSPS) is 12.3. The van der Waals surface area contributed by atoms with Crippen molar-refractivity contribution in [3.8, 4) is 0 Å². The van der Waals surface area contributed by atoms with E-state index in [1.54, 1.807) is 12.4 Å². The van der Waals surface area contributed by atoms with Crippen molar-refractivity contribution in [3.05, 3.63) is 66.0 Å². The SMILES string of the molecule is NC(NCc1ccccc1)c1cccnc1. The van der Waals surface area contributed by atoms with Gasteiger partial charge in [-0.2, -0.15) is 0 Å². The summed E-state index contributed by atoms with van der Waals surface area (Å²) in [6.07, 6.45) is 3.35. The first-order valence-electron chi connectivity index (χ1n) is 5.29. The van der Waals surface area contributed by atoms with Crippen LogP contribution in [0.15, 0.2) is 54.9 Å². The average Bonchev–Trinajstić information content (AvgIpc) is 2.38. The van der Waals surface area contributed by atoms with E-state index in [1.807, 2.05) is 30.3 Å². The Kier molecular flexibility index (Phi) is 3.64. The van der Waals surface area contributed by atoms with E-state index in [0.717, 1.165) is 12.1 Å². The molecule has 1 heterocycles. The summed E-state index contributed by atoms with van der Waals surface area (Å²) in [4.78, 5) is 4.04. The molecule has 1 aromatic carbocycles. The Hall–Kier alpha value is -1.71. The van der Waals surface area contributed by atoms with Crippen molar-refractivity contribution in [3.63, 3.8) is 0 Å². The van der Waals surface area contributed by atoms with Crippen molar-refractivity contribution in [2.24, 2.45) is 5.73 Å². The van der Waals surface area contributed by atoms with E-state index in [1.165, 1.54) is 5.56 Å². The maximum absolute atomic E-state index is 5.99. The zero-order valence-electron chi connectivity index (χ0n) is 9.01. The number of nitrogens with one attached hydrogen (secondary N) is 1. The van der Waals surface area contributed by atoms with Crippen molar-refractivity contribution in [1.82, 2.24) is 10.3 Å². The minimum atomic E-state index is -0.172. The fraction of sp³-hybridized carbons (Fsp3) is 0.154. The van der Waals surface area contributed by atoms with Crippen LogP contribution in [0.2, 0.25) is 0 Å². The largest absolute Gasteiger partial charge is 0.312 e. The van der Waals surface area contributed by atoms with E-state index < -0.39 is 0 Å². The Morgan fingerprint density at radius 2 is 1.94 bits per heavy atom. The lowest BCUT2D eigenvalue weighted by atomic mass is 10.2. The molecular formula is C13H15N3. The van der Waals surface area contributed by atoms with Crippen LogP contribution >= 0.6 is 0 Å². The summed E-state index contributed by atoms with van der Waals surface area (Å²) in [5, 5.41) is 3.25. The number of nitrogens with zero attached hydrogens (tertiary/aromatic N) is 1. The third kappa shape index (κ3) is 2.89. The van der Waals surface area contributed by atoms with Crippen LogP contribution in [0.3, 0.4) is 0 Å². The number of pyridine rings is 1. The van der Waals surface area contributed by atoms with Gasteiger partial charge in [0.05, 0.1) is 6.17 Å². The van der Waals surface area contributed by atoms with Gasteiger partial charge in [0.2, 0.25) is 0 Å². The molecule has 0 saturated carbocycles. The number of aromatic nitrogens is 1. The van der Waals surface area contributed by atoms with Crippen LogP contribution in [-0.4, -0.2) is 4.98 Å². The van der Waals surface area contributed by atoms with Crippen molar-refractivity contribution in [2.75, 3.05) is 0 Å². The molecule has 3 nitrogen and oxygen atoms in total. The molecule has 0 aliphatic rings. The van der Waals surface area contributed by atoms with Gasteiger partial charge in [-0.05, 0) is 11.6 Å². The smallest absolute Gasteiger partial charge is 0.0827 e. The summed E-state index contributed by atoms with van der Waals surface area (Å²) in [6.45, 7) is 0.761. The van der Waals surface area contributed by atoms with Gasteiger partial charge in [-0.25, -0.2) is 0 Å². The minimum Gasteiger partial charge on any atom is -0.312 e. The summed E-state index contributed by atoms with van der Waals surface area (Å²) in [6, 6.07) is 14.0. The number of hydrogen-bond donors (Lipinski definition) is 2. The fourth-order valence-electron chi connectivity index (χ4n) is 1.50. The molecular weight excluding hydrogens is 198 g/mol. The van der Waals surface area contributed by atoms with Crippen molar-refractivity contribution in [2.45, 2.75) is 12.7 Å². The van der Waals surface area contributed by atoms with Gasteiger partial charge in [-0.3, -0.25) is 10.3 Å². The van der Waals surface area contributed by atoms with Gasteiger partial charge in [0.1, 0.15) is 0 Å². The van der Waals surface area contributed by atoms with Crippen LogP contribution in [0.5, 0.6) is 0 Å². The predicted octanol–water partition coefficient (Wildman–Crippen LogP) is 1.83. The lowest BCUT2D eigenvalue weighted by Gasteiger charge is -2.13. The van der Waals surface area contributed by atoms with E-state index in [2.05, 4.69) is 22.4 Å². The monoisotopic (exact) mass is 213 g/mol. The molecule has 0 radical (unpaired) electrons. The molecule has 0 amide bonds. The zero-order valence-corrected chi connectivity index (χ0v) is 9.01. The maximum atomic E-state index is 5.99. The Bertz CT molecular complexity index is 414. The Labute approximate surface area is 95.3 Å². The Morgan fingerprint density at radius 1 is 1.12 bits per heavy atom. The van der Waals surface area contributed by atoms with Crippen LogP contribution in [-0.2, 0) is 6.54 Å². The molecule has 16 heavy (non-hydrogen) atoms. The first kappa shape index (κ1) is 10.8. The predicted molar refractivity (Wildman–Crippen MR) is 64.4 cm³/mol. The second-order valence-corrected chi connectivity index (χ2v) is 3.63. The number of hydrogen-bond acceptors (Lipinski definition) is 3. The fourth-order valence-corrected chi connectivity index (χ4v) is 1.50. The molecule has 0 fully saturated rings. The van der Waals surface area contributed by atoms with Crippen molar-refractivity contribution in [1.29, 1.82) is 0 Å².